The first-order valence-electron chi connectivity index (χ1n) is 4.95. The molecule has 0 fully saturated rings. The molecular formula is C12H10ClNO3. The highest BCUT2D eigenvalue weighted by molar-refractivity contribution is 6.32. The van der Waals surface area contributed by atoms with Crippen LogP contribution >= 0.6 is 11.6 Å². The molecule has 0 aliphatic rings. The van der Waals surface area contributed by atoms with Gasteiger partial charge in [0.15, 0.2) is 0 Å². The number of hydrogen-bond acceptors (Lipinski definition) is 3. The molecule has 4 nitrogen and oxygen atoms in total. The van der Waals surface area contributed by atoms with Gasteiger partial charge in [-0.3, -0.25) is 4.79 Å². The number of halogens is 1. The van der Waals surface area contributed by atoms with Crippen molar-refractivity contribution in [2.45, 2.75) is 6.61 Å². The zero-order chi connectivity index (χ0) is 12.3. The van der Waals surface area contributed by atoms with Crippen molar-refractivity contribution in [3.8, 4) is 0 Å². The molecule has 17 heavy (non-hydrogen) atoms. The van der Waals surface area contributed by atoms with Crippen LogP contribution in [0.3, 0.4) is 0 Å². The van der Waals surface area contributed by atoms with Crippen molar-refractivity contribution in [3.63, 3.8) is 0 Å². The molecule has 5 heteroatoms. The normalized spacial score (nSPS) is 10.2. The average Bonchev–Trinajstić information content (AvgIpc) is 2.76. The lowest BCUT2D eigenvalue weighted by Gasteiger charge is -2.05. The Labute approximate surface area is 103 Å². The van der Waals surface area contributed by atoms with Crippen LogP contribution in [0.25, 0.3) is 0 Å². The second kappa shape index (κ2) is 5.03. The Bertz CT molecular complexity index is 536. The Kier molecular flexibility index (Phi) is 3.46. The largest absolute Gasteiger partial charge is 0.452 e. The molecule has 0 atom stereocenters. The van der Waals surface area contributed by atoms with E-state index >= 15 is 0 Å². The first kappa shape index (κ1) is 11.7. The lowest BCUT2D eigenvalue weighted by molar-refractivity contribution is 0.102. The molecule has 0 aliphatic carbocycles. The van der Waals surface area contributed by atoms with Gasteiger partial charge >= 0.3 is 0 Å². The van der Waals surface area contributed by atoms with Crippen LogP contribution in [-0.2, 0) is 6.61 Å². The van der Waals surface area contributed by atoms with Gasteiger partial charge in [-0.1, -0.05) is 12.1 Å². The van der Waals surface area contributed by atoms with E-state index in [9.17, 15) is 4.79 Å². The van der Waals surface area contributed by atoms with Crippen molar-refractivity contribution in [1.82, 2.24) is 0 Å². The van der Waals surface area contributed by atoms with E-state index in [0.29, 0.717) is 5.69 Å². The van der Waals surface area contributed by atoms with Crippen LogP contribution in [0.5, 0.6) is 0 Å². The number of rotatable bonds is 3. The highest BCUT2D eigenvalue weighted by Crippen LogP contribution is 2.19. The van der Waals surface area contributed by atoms with E-state index in [4.69, 9.17) is 21.1 Å². The molecule has 0 bridgehead atoms. The van der Waals surface area contributed by atoms with Crippen LogP contribution in [0, 0.1) is 0 Å². The van der Waals surface area contributed by atoms with Gasteiger partial charge in [-0.05, 0) is 35.4 Å². The van der Waals surface area contributed by atoms with Gasteiger partial charge in [-0.25, -0.2) is 0 Å². The third-order valence-electron chi connectivity index (χ3n) is 2.23. The fourth-order valence-electron chi connectivity index (χ4n) is 1.40. The van der Waals surface area contributed by atoms with Crippen LogP contribution in [0.15, 0.2) is 41.0 Å². The highest BCUT2D eigenvalue weighted by Gasteiger charge is 2.12. The molecule has 0 saturated carbocycles. The maximum Gasteiger partial charge on any atom is 0.260 e. The van der Waals surface area contributed by atoms with Crippen molar-refractivity contribution in [2.75, 3.05) is 5.32 Å². The van der Waals surface area contributed by atoms with Gasteiger partial charge in [-0.2, -0.15) is 0 Å². The summed E-state index contributed by atoms with van der Waals surface area (Å²) < 4.78 is 4.83. The molecule has 88 valence electrons. The molecule has 1 aromatic heterocycles. The molecule has 0 radical (unpaired) electrons. The van der Waals surface area contributed by atoms with Gasteiger partial charge in [0.05, 0.1) is 18.4 Å². The summed E-state index contributed by atoms with van der Waals surface area (Å²) in [6.45, 7) is -0.0732. The summed E-state index contributed by atoms with van der Waals surface area (Å²) in [4.78, 5) is 11.8. The van der Waals surface area contributed by atoms with Crippen LogP contribution in [0.4, 0.5) is 5.69 Å². The number of carbonyl (C=O) groups is 1. The molecule has 1 heterocycles. The lowest BCUT2D eigenvalue weighted by Crippen LogP contribution is -2.11. The van der Waals surface area contributed by atoms with Crippen LogP contribution in [0.2, 0.25) is 5.22 Å². The van der Waals surface area contributed by atoms with Gasteiger partial charge < -0.3 is 14.8 Å². The fraction of sp³-hybridized carbons (Fsp3) is 0.0833. The minimum atomic E-state index is -0.348. The van der Waals surface area contributed by atoms with Crippen molar-refractivity contribution >= 4 is 23.2 Å². The Morgan fingerprint density at radius 1 is 1.41 bits per heavy atom. The molecule has 1 amide bonds. The van der Waals surface area contributed by atoms with E-state index in [1.54, 1.807) is 24.3 Å². The van der Waals surface area contributed by atoms with E-state index in [1.807, 2.05) is 0 Å². The van der Waals surface area contributed by atoms with Gasteiger partial charge in [0.1, 0.15) is 0 Å². The Balaban J connectivity index is 2.16. The topological polar surface area (TPSA) is 62.5 Å². The number of aliphatic hydroxyl groups is 1. The maximum atomic E-state index is 11.8. The summed E-state index contributed by atoms with van der Waals surface area (Å²) >= 11 is 5.69. The van der Waals surface area contributed by atoms with Crippen LogP contribution in [-0.4, -0.2) is 11.0 Å². The van der Waals surface area contributed by atoms with E-state index in [1.165, 1.54) is 12.3 Å². The second-order valence-electron chi connectivity index (χ2n) is 3.42. The quantitative estimate of drug-likeness (QED) is 0.882. The molecular weight excluding hydrogens is 242 g/mol. The predicted molar refractivity (Wildman–Crippen MR) is 64.0 cm³/mol. The van der Waals surface area contributed by atoms with Gasteiger partial charge in [0.25, 0.3) is 5.91 Å². The number of hydrogen-bond donors (Lipinski definition) is 2. The third-order valence-corrected chi connectivity index (χ3v) is 2.52. The summed E-state index contributed by atoms with van der Waals surface area (Å²) in [5.74, 6) is -0.348. The average molecular weight is 252 g/mol. The van der Waals surface area contributed by atoms with E-state index in [-0.39, 0.29) is 23.3 Å². The van der Waals surface area contributed by atoms with Crippen molar-refractivity contribution < 1.29 is 14.3 Å². The summed E-state index contributed by atoms with van der Waals surface area (Å²) in [5.41, 5.74) is 1.60. The van der Waals surface area contributed by atoms with Crippen LogP contribution < -0.4 is 5.32 Å². The first-order chi connectivity index (χ1) is 8.20. The number of furan rings is 1. The standard InChI is InChI=1S/C12H10ClNO3/c13-11-10(4-5-17-11)12(16)14-9-3-1-2-8(6-9)7-15/h1-6,15H,7H2,(H,14,16). The minimum Gasteiger partial charge on any atom is -0.452 e. The Morgan fingerprint density at radius 2 is 2.24 bits per heavy atom. The van der Waals surface area contributed by atoms with Crippen molar-refractivity contribution in [1.29, 1.82) is 0 Å². The Morgan fingerprint density at radius 3 is 2.88 bits per heavy atom. The smallest absolute Gasteiger partial charge is 0.260 e. The van der Waals surface area contributed by atoms with E-state index < -0.39 is 0 Å². The lowest BCUT2D eigenvalue weighted by atomic mass is 10.2. The molecule has 0 aliphatic heterocycles. The summed E-state index contributed by atoms with van der Waals surface area (Å²) in [6.07, 6.45) is 1.35. The number of carbonyl (C=O) groups excluding carboxylic acids is 1. The summed E-state index contributed by atoms with van der Waals surface area (Å²) in [7, 11) is 0. The molecule has 0 unspecified atom stereocenters. The molecule has 0 spiro atoms. The van der Waals surface area contributed by atoms with Gasteiger partial charge in [0, 0.05) is 5.69 Å². The zero-order valence-corrected chi connectivity index (χ0v) is 9.57. The van der Waals surface area contributed by atoms with Crippen molar-refractivity contribution in [2.24, 2.45) is 0 Å². The SMILES string of the molecule is O=C(Nc1cccc(CO)c1)c1ccoc1Cl. The number of amides is 1. The van der Waals surface area contributed by atoms with Gasteiger partial charge in [0.2, 0.25) is 5.22 Å². The number of anilines is 1. The van der Waals surface area contributed by atoms with Crippen molar-refractivity contribution in [3.05, 3.63) is 52.9 Å². The van der Waals surface area contributed by atoms with Gasteiger partial charge in [-0.15, -0.1) is 0 Å². The van der Waals surface area contributed by atoms with E-state index in [2.05, 4.69) is 5.32 Å². The first-order valence-corrected chi connectivity index (χ1v) is 5.32. The molecule has 2 N–H and O–H groups in total. The summed E-state index contributed by atoms with van der Waals surface area (Å²) in [5, 5.41) is 11.7. The monoisotopic (exact) mass is 251 g/mol. The fourth-order valence-corrected chi connectivity index (χ4v) is 1.60. The summed E-state index contributed by atoms with van der Waals surface area (Å²) in [6, 6.07) is 8.42. The van der Waals surface area contributed by atoms with E-state index in [0.717, 1.165) is 5.56 Å². The second-order valence-corrected chi connectivity index (χ2v) is 3.76. The molecule has 2 rings (SSSR count). The Hall–Kier alpha value is -1.78. The highest BCUT2D eigenvalue weighted by atomic mass is 35.5. The molecule has 2 aromatic rings. The third kappa shape index (κ3) is 2.67. The van der Waals surface area contributed by atoms with Crippen LogP contribution in [0.1, 0.15) is 15.9 Å². The predicted octanol–water partition coefficient (Wildman–Crippen LogP) is 2.68. The zero-order valence-electron chi connectivity index (χ0n) is 8.81. The maximum absolute atomic E-state index is 11.8. The molecule has 1 aromatic carbocycles. The minimum absolute atomic E-state index is 0.0563. The number of benzene rings is 1. The number of nitrogens with one attached hydrogen (secondary N) is 1. The number of aliphatic hydroxyl groups excluding tert-OH is 1. The molecule has 0 saturated heterocycles.